The molecule has 6 rings (SSSR count). The fourth-order valence-electron chi connectivity index (χ4n) is 5.86. The number of fused-ring (bicyclic) bond motifs is 1. The molecule has 1 N–H and O–H groups in total. The van der Waals surface area contributed by atoms with Gasteiger partial charge >= 0.3 is 0 Å². The number of benzene rings is 3. The number of ether oxygens (including phenoxy) is 1. The maximum absolute atomic E-state index is 14.8. The zero-order valence-corrected chi connectivity index (χ0v) is 31.2. The predicted molar refractivity (Wildman–Crippen MR) is 203 cm³/mol. The molecule has 0 unspecified atom stereocenters. The zero-order chi connectivity index (χ0) is 35.3. The molecule has 0 amide bonds. The average molecular weight is 693 g/mol. The topological polar surface area (TPSA) is 76.3 Å². The smallest absolute Gasteiger partial charge is 0.192 e. The van der Waals surface area contributed by atoms with E-state index in [1.165, 1.54) is 6.07 Å². The largest absolute Gasteiger partial charge is 0.416 e. The number of anilines is 1. The van der Waals surface area contributed by atoms with Crippen molar-refractivity contribution in [1.82, 2.24) is 19.9 Å². The van der Waals surface area contributed by atoms with Crippen LogP contribution in [-0.2, 0) is 22.1 Å². The first-order chi connectivity index (χ1) is 24.0. The van der Waals surface area contributed by atoms with Crippen molar-refractivity contribution in [3.63, 3.8) is 0 Å². The molecule has 3 heterocycles. The minimum absolute atomic E-state index is 0.143. The van der Waals surface area contributed by atoms with Gasteiger partial charge in [-0.25, -0.2) is 18.9 Å². The quantitative estimate of drug-likeness (QED) is 0.0815. The van der Waals surface area contributed by atoms with E-state index in [-0.39, 0.29) is 10.9 Å². The van der Waals surface area contributed by atoms with Crippen LogP contribution in [0.5, 0.6) is 0 Å². The van der Waals surface area contributed by atoms with Crippen LogP contribution in [0.1, 0.15) is 54.4 Å². The summed E-state index contributed by atoms with van der Waals surface area (Å²) >= 11 is 0. The Bertz CT molecular complexity index is 1890. The van der Waals surface area contributed by atoms with Crippen molar-refractivity contribution in [2.75, 3.05) is 44.4 Å². The molecule has 1 aliphatic heterocycles. The lowest BCUT2D eigenvalue weighted by Gasteiger charge is -2.36. The SMILES string of the molecule is Cc1c(F)cccc1Cc1c(CNCCO[Si](C)(C)C(C)(C)C)nc2c(N=C(c3ccccc3)c3ccccc3)cc(N3CCOCC3)nn12. The Morgan fingerprint density at radius 1 is 0.960 bits per heavy atom. The second kappa shape index (κ2) is 15.3. The van der Waals surface area contributed by atoms with E-state index < -0.39 is 8.32 Å². The molecule has 262 valence electrons. The highest BCUT2D eigenvalue weighted by atomic mass is 28.4. The van der Waals surface area contributed by atoms with Crippen molar-refractivity contribution in [2.45, 2.75) is 58.8 Å². The van der Waals surface area contributed by atoms with Gasteiger partial charge in [0.2, 0.25) is 0 Å². The van der Waals surface area contributed by atoms with Crippen molar-refractivity contribution in [1.29, 1.82) is 0 Å². The van der Waals surface area contributed by atoms with Crippen LogP contribution in [0.3, 0.4) is 0 Å². The Labute approximate surface area is 296 Å². The Hall–Kier alpha value is -4.22. The van der Waals surface area contributed by atoms with E-state index in [0.29, 0.717) is 56.2 Å². The van der Waals surface area contributed by atoms with Gasteiger partial charge in [0.05, 0.1) is 30.3 Å². The van der Waals surface area contributed by atoms with Crippen LogP contribution >= 0.6 is 0 Å². The maximum Gasteiger partial charge on any atom is 0.192 e. The van der Waals surface area contributed by atoms with E-state index in [2.05, 4.69) is 68.3 Å². The van der Waals surface area contributed by atoms with E-state index in [4.69, 9.17) is 24.2 Å². The van der Waals surface area contributed by atoms with Crippen molar-refractivity contribution in [3.8, 4) is 0 Å². The number of hydrogen-bond acceptors (Lipinski definition) is 7. The standard InChI is InChI=1S/C40H49FN6O2Si/c1-29-32(18-13-19-33(29)41)26-36-35(28-42-20-23-49-50(5,6)40(2,3)4)44-39-34(27-37(45-47(36)39)46-21-24-48-25-22-46)43-38(30-14-9-7-10-15-30)31-16-11-8-12-17-31/h7-19,27,42H,20-26,28H2,1-6H3. The summed E-state index contributed by atoms with van der Waals surface area (Å²) < 4.78 is 28.9. The number of halogens is 1. The summed E-state index contributed by atoms with van der Waals surface area (Å²) in [6.45, 7) is 17.6. The van der Waals surface area contributed by atoms with Gasteiger partial charge in [-0.3, -0.25) is 0 Å². The second-order valence-corrected chi connectivity index (χ2v) is 19.2. The highest BCUT2D eigenvalue weighted by molar-refractivity contribution is 6.74. The van der Waals surface area contributed by atoms with E-state index in [1.807, 2.05) is 60.0 Å². The van der Waals surface area contributed by atoms with Gasteiger partial charge in [-0.15, -0.1) is 5.10 Å². The highest BCUT2D eigenvalue weighted by Crippen LogP contribution is 2.36. The van der Waals surface area contributed by atoms with Gasteiger partial charge in [0, 0.05) is 56.4 Å². The van der Waals surface area contributed by atoms with Gasteiger partial charge in [-0.2, -0.15) is 0 Å². The normalized spacial score (nSPS) is 13.9. The number of imidazole rings is 1. The van der Waals surface area contributed by atoms with Gasteiger partial charge in [-0.05, 0) is 42.2 Å². The molecule has 0 bridgehead atoms. The van der Waals surface area contributed by atoms with Crippen molar-refractivity contribution in [2.24, 2.45) is 4.99 Å². The molecule has 0 atom stereocenters. The van der Waals surface area contributed by atoms with E-state index in [1.54, 1.807) is 6.07 Å². The molecule has 5 aromatic rings. The Balaban J connectivity index is 1.47. The minimum Gasteiger partial charge on any atom is -0.416 e. The van der Waals surface area contributed by atoms with E-state index in [9.17, 15) is 4.39 Å². The summed E-state index contributed by atoms with van der Waals surface area (Å²) in [7, 11) is -1.87. The van der Waals surface area contributed by atoms with Crippen LogP contribution < -0.4 is 10.2 Å². The summed E-state index contributed by atoms with van der Waals surface area (Å²) in [5, 5.41) is 8.93. The number of rotatable bonds is 12. The molecule has 0 saturated carbocycles. The van der Waals surface area contributed by atoms with E-state index in [0.717, 1.165) is 52.7 Å². The molecule has 0 spiro atoms. The third kappa shape index (κ3) is 8.05. The van der Waals surface area contributed by atoms with Crippen LogP contribution in [0.4, 0.5) is 15.9 Å². The third-order valence-corrected chi connectivity index (χ3v) is 14.5. The van der Waals surface area contributed by atoms with Crippen molar-refractivity contribution in [3.05, 3.63) is 124 Å². The number of aromatic nitrogens is 3. The molecular weight excluding hydrogens is 644 g/mol. The monoisotopic (exact) mass is 692 g/mol. The first-order valence-electron chi connectivity index (χ1n) is 17.5. The summed E-state index contributed by atoms with van der Waals surface area (Å²) in [4.78, 5) is 12.8. The molecule has 1 saturated heterocycles. The van der Waals surface area contributed by atoms with Gasteiger partial charge in [-0.1, -0.05) is 93.6 Å². The number of nitrogens with one attached hydrogen (secondary N) is 1. The molecule has 0 aliphatic carbocycles. The number of hydrogen-bond donors (Lipinski definition) is 1. The van der Waals surface area contributed by atoms with Crippen LogP contribution in [0, 0.1) is 12.7 Å². The molecule has 1 fully saturated rings. The lowest BCUT2D eigenvalue weighted by Crippen LogP contribution is -2.42. The van der Waals surface area contributed by atoms with E-state index >= 15 is 0 Å². The molecule has 8 nitrogen and oxygen atoms in total. The van der Waals surface area contributed by atoms with Crippen LogP contribution in [0.2, 0.25) is 18.1 Å². The molecule has 1 aliphatic rings. The Kier molecular flexibility index (Phi) is 10.9. The molecular formula is C40H49FN6O2Si. The fourth-order valence-corrected chi connectivity index (χ4v) is 6.91. The molecule has 2 aromatic heterocycles. The van der Waals surface area contributed by atoms with Crippen molar-refractivity contribution < 1.29 is 13.6 Å². The number of aliphatic imine (C=N–C) groups is 1. The first kappa shape index (κ1) is 35.6. The lowest BCUT2D eigenvalue weighted by atomic mass is 10.0. The third-order valence-electron chi connectivity index (χ3n) is 9.97. The Morgan fingerprint density at radius 3 is 2.26 bits per heavy atom. The number of nitrogens with zero attached hydrogens (tertiary/aromatic N) is 5. The first-order valence-corrected chi connectivity index (χ1v) is 20.4. The summed E-state index contributed by atoms with van der Waals surface area (Å²) in [6, 6.07) is 27.8. The number of morpholine rings is 1. The molecule has 10 heteroatoms. The molecule has 50 heavy (non-hydrogen) atoms. The van der Waals surface area contributed by atoms with Crippen LogP contribution in [0.25, 0.3) is 5.65 Å². The molecule has 3 aromatic carbocycles. The van der Waals surface area contributed by atoms with Gasteiger partial charge in [0.25, 0.3) is 0 Å². The lowest BCUT2D eigenvalue weighted by molar-refractivity contribution is 0.122. The van der Waals surface area contributed by atoms with Gasteiger partial charge in [0.15, 0.2) is 19.8 Å². The summed E-state index contributed by atoms with van der Waals surface area (Å²) in [5.74, 6) is 0.582. The molecule has 0 radical (unpaired) electrons. The van der Waals surface area contributed by atoms with Gasteiger partial charge < -0.3 is 19.4 Å². The average Bonchev–Trinajstić information content (AvgIpc) is 3.46. The Morgan fingerprint density at radius 2 is 1.62 bits per heavy atom. The highest BCUT2D eigenvalue weighted by Gasteiger charge is 2.36. The zero-order valence-electron chi connectivity index (χ0n) is 30.2. The van der Waals surface area contributed by atoms with Gasteiger partial charge in [0.1, 0.15) is 11.5 Å². The fraction of sp³-hybridized carbons (Fsp3) is 0.375. The summed E-state index contributed by atoms with van der Waals surface area (Å²) in [6.07, 6.45) is 0.467. The minimum atomic E-state index is -1.87. The summed E-state index contributed by atoms with van der Waals surface area (Å²) in [5.41, 5.74) is 7.51. The van der Waals surface area contributed by atoms with Crippen molar-refractivity contribution >= 4 is 31.2 Å². The maximum atomic E-state index is 14.8. The van der Waals surface area contributed by atoms with Crippen LogP contribution in [-0.4, -0.2) is 68.1 Å². The van der Waals surface area contributed by atoms with Crippen LogP contribution in [0.15, 0.2) is 89.9 Å². The predicted octanol–water partition coefficient (Wildman–Crippen LogP) is 7.88. The second-order valence-electron chi connectivity index (χ2n) is 14.4.